The number of nitrogens with zero attached hydrogens (tertiary/aromatic N) is 2. The molecule has 5 nitrogen and oxygen atoms in total. The second-order valence-corrected chi connectivity index (χ2v) is 8.63. The van der Waals surface area contributed by atoms with Crippen LogP contribution in [0.15, 0.2) is 77.8 Å². The second-order valence-electron chi connectivity index (χ2n) is 7.79. The van der Waals surface area contributed by atoms with Crippen LogP contribution in [0.3, 0.4) is 0 Å². The van der Waals surface area contributed by atoms with Crippen molar-refractivity contribution in [3.63, 3.8) is 0 Å². The van der Waals surface area contributed by atoms with Gasteiger partial charge >= 0.3 is 6.18 Å². The van der Waals surface area contributed by atoms with Crippen molar-refractivity contribution in [2.75, 3.05) is 11.9 Å². The third-order valence-electron chi connectivity index (χ3n) is 5.47. The molecule has 35 heavy (non-hydrogen) atoms. The van der Waals surface area contributed by atoms with Crippen molar-refractivity contribution in [2.24, 2.45) is 4.99 Å². The average molecular weight is 517 g/mol. The van der Waals surface area contributed by atoms with E-state index in [4.69, 9.17) is 23.8 Å². The Bertz CT molecular complexity index is 1300. The smallest absolute Gasteiger partial charge is 0.359 e. The molecule has 0 saturated heterocycles. The van der Waals surface area contributed by atoms with Gasteiger partial charge in [0.1, 0.15) is 0 Å². The van der Waals surface area contributed by atoms with Crippen LogP contribution >= 0.6 is 23.8 Å². The third-order valence-corrected chi connectivity index (χ3v) is 5.97. The number of anilines is 1. The number of hydrogen-bond donors (Lipinski definition) is 2. The Balaban J connectivity index is 1.62. The van der Waals surface area contributed by atoms with Gasteiger partial charge in [-0.25, -0.2) is 4.99 Å². The molecule has 2 N–H and O–H groups in total. The molecule has 0 aliphatic carbocycles. The highest BCUT2D eigenvalue weighted by Crippen LogP contribution is 2.32. The van der Waals surface area contributed by atoms with Crippen molar-refractivity contribution in [3.8, 4) is 0 Å². The Labute approximate surface area is 210 Å². The Kier molecular flexibility index (Phi) is 7.09. The highest BCUT2D eigenvalue weighted by atomic mass is 35.5. The summed E-state index contributed by atoms with van der Waals surface area (Å²) in [5, 5.41) is 6.08. The summed E-state index contributed by atoms with van der Waals surface area (Å²) in [6.45, 7) is -0.177. The highest BCUT2D eigenvalue weighted by molar-refractivity contribution is 7.80. The van der Waals surface area contributed by atoms with E-state index >= 15 is 0 Å². The highest BCUT2D eigenvalue weighted by Gasteiger charge is 2.33. The van der Waals surface area contributed by atoms with Gasteiger partial charge in [-0.1, -0.05) is 60.1 Å². The number of alkyl halides is 3. The molecule has 1 atom stereocenters. The van der Waals surface area contributed by atoms with Gasteiger partial charge in [0.05, 0.1) is 17.0 Å². The number of fused-ring (bicyclic) bond motifs is 1. The molecular formula is C25H20ClF3N4OS. The fourth-order valence-corrected chi connectivity index (χ4v) is 4.12. The van der Waals surface area contributed by atoms with Gasteiger partial charge in [0.15, 0.2) is 5.11 Å². The summed E-state index contributed by atoms with van der Waals surface area (Å²) < 4.78 is 39.9. The van der Waals surface area contributed by atoms with E-state index in [0.717, 1.165) is 11.6 Å². The van der Waals surface area contributed by atoms with Crippen LogP contribution in [-0.4, -0.2) is 29.9 Å². The van der Waals surface area contributed by atoms with Crippen LogP contribution in [0.4, 0.5) is 18.9 Å². The molecule has 180 valence electrons. The quantitative estimate of drug-likeness (QED) is 0.470. The predicted molar refractivity (Wildman–Crippen MR) is 135 cm³/mol. The summed E-state index contributed by atoms with van der Waals surface area (Å²) >= 11 is 11.6. The monoisotopic (exact) mass is 516 g/mol. The Morgan fingerprint density at radius 1 is 1.09 bits per heavy atom. The molecule has 10 heteroatoms. The summed E-state index contributed by atoms with van der Waals surface area (Å²) in [6, 6.07) is 19.7. The Morgan fingerprint density at radius 2 is 1.77 bits per heavy atom. The zero-order chi connectivity index (χ0) is 25.2. The lowest BCUT2D eigenvalue weighted by Gasteiger charge is -2.22. The Morgan fingerprint density at radius 3 is 2.49 bits per heavy atom. The van der Waals surface area contributed by atoms with Crippen LogP contribution in [0, 0.1) is 0 Å². The summed E-state index contributed by atoms with van der Waals surface area (Å²) in [5.74, 6) is -0.389. The van der Waals surface area contributed by atoms with Gasteiger partial charge < -0.3 is 15.5 Å². The van der Waals surface area contributed by atoms with Crippen molar-refractivity contribution in [2.45, 2.75) is 18.9 Å². The van der Waals surface area contributed by atoms with Crippen LogP contribution in [0.25, 0.3) is 0 Å². The molecule has 1 heterocycles. The number of carbonyl (C=O) groups excluding carboxylic acids is 1. The van der Waals surface area contributed by atoms with Gasteiger partial charge in [-0.15, -0.1) is 0 Å². The molecule has 1 amide bonds. The SMILES string of the molecule is CN1C(=O)C(NC(=S)NCc2ccccc2C(F)(F)F)N=C(c2ccccc2)c2cc(Cl)ccc21. The molecule has 0 bridgehead atoms. The minimum atomic E-state index is -4.49. The molecule has 0 saturated carbocycles. The minimum Gasteiger partial charge on any atom is -0.359 e. The molecule has 3 aromatic carbocycles. The maximum absolute atomic E-state index is 13.3. The van der Waals surface area contributed by atoms with E-state index in [1.165, 1.54) is 23.1 Å². The van der Waals surface area contributed by atoms with Crippen LogP contribution < -0.4 is 15.5 Å². The molecule has 0 radical (unpaired) electrons. The first-order chi connectivity index (χ1) is 16.6. The number of nitrogens with one attached hydrogen (secondary N) is 2. The largest absolute Gasteiger partial charge is 0.416 e. The summed E-state index contributed by atoms with van der Waals surface area (Å²) in [6.07, 6.45) is -5.60. The maximum Gasteiger partial charge on any atom is 0.416 e. The number of carbonyl (C=O) groups is 1. The number of amides is 1. The van der Waals surface area contributed by atoms with Crippen molar-refractivity contribution in [1.82, 2.24) is 10.6 Å². The van der Waals surface area contributed by atoms with E-state index in [1.54, 1.807) is 25.2 Å². The summed E-state index contributed by atoms with van der Waals surface area (Å²) in [5.41, 5.74) is 1.86. The van der Waals surface area contributed by atoms with E-state index in [2.05, 4.69) is 15.6 Å². The number of aliphatic imine (C=N–C) groups is 1. The summed E-state index contributed by atoms with van der Waals surface area (Å²) in [4.78, 5) is 19.4. The van der Waals surface area contributed by atoms with E-state index in [0.29, 0.717) is 22.0 Å². The first kappa shape index (κ1) is 24.7. The molecule has 3 aromatic rings. The third kappa shape index (κ3) is 5.47. The molecular weight excluding hydrogens is 497 g/mol. The normalized spacial score (nSPS) is 15.7. The molecule has 1 aliphatic heterocycles. The number of rotatable bonds is 4. The first-order valence-electron chi connectivity index (χ1n) is 10.6. The zero-order valence-electron chi connectivity index (χ0n) is 18.4. The lowest BCUT2D eigenvalue weighted by Crippen LogP contribution is -2.49. The van der Waals surface area contributed by atoms with Gasteiger partial charge in [-0.3, -0.25) is 4.79 Å². The van der Waals surface area contributed by atoms with Crippen LogP contribution in [0.1, 0.15) is 22.3 Å². The number of thiocarbonyl (C=S) groups is 1. The molecule has 1 aliphatic rings. The van der Waals surface area contributed by atoms with Gasteiger partial charge in [0.2, 0.25) is 6.17 Å². The van der Waals surface area contributed by atoms with Crippen molar-refractivity contribution >= 4 is 46.2 Å². The molecule has 4 rings (SSSR count). The second kappa shape index (κ2) is 10.1. The van der Waals surface area contributed by atoms with Gasteiger partial charge in [-0.2, -0.15) is 13.2 Å². The van der Waals surface area contributed by atoms with E-state index < -0.39 is 17.9 Å². The first-order valence-corrected chi connectivity index (χ1v) is 11.3. The maximum atomic E-state index is 13.3. The van der Waals surface area contributed by atoms with Crippen LogP contribution in [-0.2, 0) is 17.5 Å². The molecule has 0 spiro atoms. The topological polar surface area (TPSA) is 56.7 Å². The van der Waals surface area contributed by atoms with Gasteiger partial charge in [0, 0.05) is 29.7 Å². The van der Waals surface area contributed by atoms with E-state index in [9.17, 15) is 18.0 Å². The van der Waals surface area contributed by atoms with Crippen molar-refractivity contribution in [3.05, 3.63) is 100 Å². The number of hydrogen-bond acceptors (Lipinski definition) is 3. The predicted octanol–water partition coefficient (Wildman–Crippen LogP) is 5.16. The van der Waals surface area contributed by atoms with Crippen LogP contribution in [0.2, 0.25) is 5.02 Å². The number of benzene rings is 3. The minimum absolute atomic E-state index is 0.00567. The number of halogens is 4. The van der Waals surface area contributed by atoms with Crippen molar-refractivity contribution < 1.29 is 18.0 Å². The summed E-state index contributed by atoms with van der Waals surface area (Å²) in [7, 11) is 1.61. The molecule has 1 unspecified atom stereocenters. The number of likely N-dealkylation sites (N-methyl/N-ethyl adjacent to an activating group) is 1. The lowest BCUT2D eigenvalue weighted by molar-refractivity contribution is -0.138. The van der Waals surface area contributed by atoms with Gasteiger partial charge in [0.25, 0.3) is 5.91 Å². The van der Waals surface area contributed by atoms with Crippen molar-refractivity contribution in [1.29, 1.82) is 0 Å². The van der Waals surface area contributed by atoms with Gasteiger partial charge in [-0.05, 0) is 42.0 Å². The zero-order valence-corrected chi connectivity index (χ0v) is 20.0. The average Bonchev–Trinajstić information content (AvgIpc) is 2.93. The van der Waals surface area contributed by atoms with E-state index in [-0.39, 0.29) is 23.1 Å². The molecule has 0 aromatic heterocycles. The number of benzodiazepines with no additional fused rings is 1. The Hall–Kier alpha value is -3.43. The molecule has 0 fully saturated rings. The lowest BCUT2D eigenvalue weighted by atomic mass is 10.0. The van der Waals surface area contributed by atoms with Crippen LogP contribution in [0.5, 0.6) is 0 Å². The van der Waals surface area contributed by atoms with E-state index in [1.807, 2.05) is 30.3 Å². The fourth-order valence-electron chi connectivity index (χ4n) is 3.77. The fraction of sp³-hybridized carbons (Fsp3) is 0.160. The standard InChI is InChI=1S/C25H20ClF3N4OS/c1-33-20-12-11-17(26)13-18(20)21(15-7-3-2-4-8-15)31-22(23(33)34)32-24(35)30-14-16-9-5-6-10-19(16)25(27,28)29/h2-13,22H,14H2,1H3,(H2,30,32,35).